The molecule has 0 unspecified atom stereocenters. The van der Waals surface area contributed by atoms with Crippen LogP contribution in [0.2, 0.25) is 0 Å². The quantitative estimate of drug-likeness (QED) is 0.753. The van der Waals surface area contributed by atoms with E-state index in [1.165, 1.54) is 4.90 Å². The van der Waals surface area contributed by atoms with Crippen LogP contribution in [-0.2, 0) is 4.74 Å². The van der Waals surface area contributed by atoms with Gasteiger partial charge in [0.25, 0.3) is 0 Å². The molecule has 1 aromatic heterocycles. The maximum Gasteiger partial charge on any atom is 0.327 e. The fourth-order valence-corrected chi connectivity index (χ4v) is 2.38. The molecular weight excluding hydrogens is 334 g/mol. The molecule has 8 heteroatoms. The van der Waals surface area contributed by atoms with E-state index < -0.39 is 0 Å². The molecule has 2 N–H and O–H groups in total. The summed E-state index contributed by atoms with van der Waals surface area (Å²) in [5.74, 6) is 1.62. The van der Waals surface area contributed by atoms with Crippen LogP contribution in [0.3, 0.4) is 0 Å². The molecule has 1 atom stereocenters. The first-order chi connectivity index (χ1) is 12.6. The zero-order chi connectivity index (χ0) is 18.9. The third-order valence-corrected chi connectivity index (χ3v) is 3.49. The Morgan fingerprint density at radius 3 is 2.62 bits per heavy atom. The second-order valence-corrected chi connectivity index (χ2v) is 5.56. The molecule has 0 fully saturated rings. The van der Waals surface area contributed by atoms with E-state index in [9.17, 15) is 4.79 Å². The fraction of sp³-hybridized carbons (Fsp3) is 0.389. The molecule has 2 aromatic rings. The lowest BCUT2D eigenvalue weighted by molar-refractivity contribution is 0.190. The van der Waals surface area contributed by atoms with Gasteiger partial charge in [-0.05, 0) is 38.1 Å². The van der Waals surface area contributed by atoms with Gasteiger partial charge in [0, 0.05) is 32.5 Å². The zero-order valence-electron chi connectivity index (χ0n) is 15.5. The topological polar surface area (TPSA) is 88.6 Å². The highest BCUT2D eigenvalue weighted by atomic mass is 16.5. The average molecular weight is 359 g/mol. The molecule has 0 saturated heterocycles. The molecule has 0 saturated carbocycles. The molecule has 2 amide bonds. The van der Waals surface area contributed by atoms with Crippen molar-refractivity contribution in [2.24, 2.45) is 0 Å². The summed E-state index contributed by atoms with van der Waals surface area (Å²) in [7, 11) is 3.21. The van der Waals surface area contributed by atoms with Gasteiger partial charge in [0.2, 0.25) is 5.95 Å². The number of hydrogen-bond donors (Lipinski definition) is 2. The summed E-state index contributed by atoms with van der Waals surface area (Å²) >= 11 is 0. The molecule has 0 aliphatic carbocycles. The van der Waals surface area contributed by atoms with Gasteiger partial charge in [-0.15, -0.1) is 0 Å². The minimum absolute atomic E-state index is 0.0363. The molecule has 140 valence electrons. The number of benzene rings is 1. The third kappa shape index (κ3) is 5.06. The van der Waals surface area contributed by atoms with E-state index in [4.69, 9.17) is 9.47 Å². The summed E-state index contributed by atoms with van der Waals surface area (Å²) in [6, 6.07) is 8.66. The summed E-state index contributed by atoms with van der Waals surface area (Å²) < 4.78 is 10.6. The van der Waals surface area contributed by atoms with Crippen molar-refractivity contribution in [3.63, 3.8) is 0 Å². The van der Waals surface area contributed by atoms with E-state index in [1.807, 2.05) is 38.1 Å². The second-order valence-electron chi connectivity index (χ2n) is 5.56. The number of aromatic nitrogens is 2. The van der Waals surface area contributed by atoms with Gasteiger partial charge < -0.3 is 20.1 Å². The van der Waals surface area contributed by atoms with Crippen LogP contribution in [0.1, 0.15) is 13.8 Å². The smallest absolute Gasteiger partial charge is 0.327 e. The number of ether oxygens (including phenoxy) is 2. The molecule has 2 rings (SSSR count). The number of nitrogens with one attached hydrogen (secondary N) is 2. The van der Waals surface area contributed by atoms with Crippen LogP contribution in [0, 0.1) is 0 Å². The van der Waals surface area contributed by atoms with Crippen molar-refractivity contribution in [2.45, 2.75) is 19.9 Å². The summed E-state index contributed by atoms with van der Waals surface area (Å²) in [6.07, 6.45) is 1.61. The van der Waals surface area contributed by atoms with Crippen LogP contribution in [0.4, 0.5) is 22.2 Å². The molecule has 1 heterocycles. The van der Waals surface area contributed by atoms with Gasteiger partial charge in [-0.25, -0.2) is 14.7 Å². The van der Waals surface area contributed by atoms with E-state index in [0.29, 0.717) is 30.7 Å². The molecule has 0 aliphatic heterocycles. The van der Waals surface area contributed by atoms with Gasteiger partial charge in [-0.2, -0.15) is 4.98 Å². The number of carbonyl (C=O) groups excluding carboxylic acids is 1. The Hall–Kier alpha value is -2.87. The monoisotopic (exact) mass is 359 g/mol. The van der Waals surface area contributed by atoms with Crippen molar-refractivity contribution in [2.75, 3.05) is 37.6 Å². The maximum absolute atomic E-state index is 12.4. The van der Waals surface area contributed by atoms with Crippen molar-refractivity contribution >= 4 is 23.5 Å². The van der Waals surface area contributed by atoms with Crippen LogP contribution >= 0.6 is 0 Å². The van der Waals surface area contributed by atoms with Crippen molar-refractivity contribution in [1.29, 1.82) is 0 Å². The van der Waals surface area contributed by atoms with Crippen LogP contribution in [0.25, 0.3) is 0 Å². The van der Waals surface area contributed by atoms with E-state index in [0.717, 1.165) is 5.75 Å². The zero-order valence-corrected chi connectivity index (χ0v) is 15.5. The standard InChI is InChI=1S/C18H25N5O3/c1-5-26-15-8-6-14(7-9-15)23(18(24)19-3)16-10-11-20-17(22-16)21-13(2)12-25-4/h6-11,13H,5,12H2,1-4H3,(H,19,24)(H,20,21,22)/t13-/m0/s1. The summed E-state index contributed by atoms with van der Waals surface area (Å²) in [6.45, 7) is 4.98. The van der Waals surface area contributed by atoms with Crippen molar-refractivity contribution in [3.05, 3.63) is 36.5 Å². The van der Waals surface area contributed by atoms with Crippen molar-refractivity contribution in [1.82, 2.24) is 15.3 Å². The SMILES string of the molecule is CCOc1ccc(N(C(=O)NC)c2ccnc(N[C@@H](C)COC)n2)cc1. The maximum atomic E-state index is 12.4. The normalized spacial score (nSPS) is 11.5. The fourth-order valence-electron chi connectivity index (χ4n) is 2.38. The van der Waals surface area contributed by atoms with Crippen molar-refractivity contribution < 1.29 is 14.3 Å². The number of anilines is 3. The predicted molar refractivity (Wildman–Crippen MR) is 101 cm³/mol. The number of urea groups is 1. The van der Waals surface area contributed by atoms with Crippen LogP contribution in [0.15, 0.2) is 36.5 Å². The number of rotatable bonds is 8. The number of hydrogen-bond acceptors (Lipinski definition) is 6. The van der Waals surface area contributed by atoms with E-state index in [1.54, 1.807) is 26.4 Å². The minimum Gasteiger partial charge on any atom is -0.494 e. The van der Waals surface area contributed by atoms with Crippen LogP contribution < -0.4 is 20.3 Å². The molecular formula is C18H25N5O3. The highest BCUT2D eigenvalue weighted by Crippen LogP contribution is 2.26. The highest BCUT2D eigenvalue weighted by molar-refractivity contribution is 5.98. The molecule has 0 aliphatic rings. The first-order valence-electron chi connectivity index (χ1n) is 8.42. The number of carbonyl (C=O) groups is 1. The van der Waals surface area contributed by atoms with Gasteiger partial charge in [-0.3, -0.25) is 0 Å². The average Bonchev–Trinajstić information content (AvgIpc) is 2.64. The first kappa shape index (κ1) is 19.5. The minimum atomic E-state index is -0.302. The van der Waals surface area contributed by atoms with Gasteiger partial charge in [0.05, 0.1) is 18.9 Å². The largest absolute Gasteiger partial charge is 0.494 e. The Balaban J connectivity index is 2.30. The lowest BCUT2D eigenvalue weighted by Gasteiger charge is -2.22. The number of nitrogens with zero attached hydrogens (tertiary/aromatic N) is 3. The Morgan fingerprint density at radius 1 is 1.27 bits per heavy atom. The Kier molecular flexibility index (Phi) is 7.16. The van der Waals surface area contributed by atoms with E-state index in [-0.39, 0.29) is 12.1 Å². The lowest BCUT2D eigenvalue weighted by atomic mass is 10.2. The van der Waals surface area contributed by atoms with Gasteiger partial charge in [0.15, 0.2) is 0 Å². The molecule has 0 spiro atoms. The predicted octanol–water partition coefficient (Wildman–Crippen LogP) is 2.80. The van der Waals surface area contributed by atoms with Crippen LogP contribution in [0.5, 0.6) is 5.75 Å². The van der Waals surface area contributed by atoms with Crippen LogP contribution in [-0.4, -0.2) is 49.4 Å². The Labute approximate surface area is 153 Å². The van der Waals surface area contributed by atoms with Crippen molar-refractivity contribution in [3.8, 4) is 5.75 Å². The van der Waals surface area contributed by atoms with Gasteiger partial charge in [0.1, 0.15) is 11.6 Å². The van der Waals surface area contributed by atoms with E-state index in [2.05, 4.69) is 20.6 Å². The molecule has 0 bridgehead atoms. The molecule has 8 nitrogen and oxygen atoms in total. The van der Waals surface area contributed by atoms with Gasteiger partial charge in [-0.1, -0.05) is 0 Å². The Morgan fingerprint density at radius 2 is 2.00 bits per heavy atom. The van der Waals surface area contributed by atoms with Gasteiger partial charge >= 0.3 is 6.03 Å². The summed E-state index contributed by atoms with van der Waals surface area (Å²) in [4.78, 5) is 22.6. The number of amides is 2. The van der Waals surface area contributed by atoms with E-state index >= 15 is 0 Å². The Bertz CT molecular complexity index is 708. The number of methoxy groups -OCH3 is 1. The lowest BCUT2D eigenvalue weighted by Crippen LogP contribution is -2.35. The summed E-state index contributed by atoms with van der Waals surface area (Å²) in [5, 5.41) is 5.78. The second kappa shape index (κ2) is 9.57. The highest BCUT2D eigenvalue weighted by Gasteiger charge is 2.19. The summed E-state index contributed by atoms with van der Waals surface area (Å²) in [5.41, 5.74) is 0.669. The third-order valence-electron chi connectivity index (χ3n) is 3.49. The molecule has 1 aromatic carbocycles. The first-order valence-corrected chi connectivity index (χ1v) is 8.42. The molecule has 0 radical (unpaired) electrons. The molecule has 26 heavy (non-hydrogen) atoms.